The molecule has 20 heavy (non-hydrogen) atoms. The molecule has 2 heterocycles. The van der Waals surface area contributed by atoms with Crippen LogP contribution < -0.4 is 20.5 Å². The summed E-state index contributed by atoms with van der Waals surface area (Å²) in [6.07, 6.45) is 3.00. The smallest absolute Gasteiger partial charge is 0.248 e. The van der Waals surface area contributed by atoms with E-state index in [2.05, 4.69) is 20.4 Å². The molecule has 9 heteroatoms. The Balaban J connectivity index is 2.07. The predicted octanol–water partition coefficient (Wildman–Crippen LogP) is -0.0888. The molecule has 2 aromatic rings. The van der Waals surface area contributed by atoms with Gasteiger partial charge in [0.25, 0.3) is 0 Å². The van der Waals surface area contributed by atoms with Gasteiger partial charge in [-0.3, -0.25) is 14.8 Å². The van der Waals surface area contributed by atoms with Gasteiger partial charge in [-0.05, 0) is 0 Å². The summed E-state index contributed by atoms with van der Waals surface area (Å²) in [7, 11) is 2.92. The van der Waals surface area contributed by atoms with E-state index in [9.17, 15) is 4.79 Å². The number of nitrogens with two attached hydrogens (primary N) is 1. The maximum absolute atomic E-state index is 11.8. The second kappa shape index (κ2) is 5.87. The molecule has 0 atom stereocenters. The molecular weight excluding hydrogens is 264 g/mol. The topological polar surface area (TPSA) is 117 Å². The highest BCUT2D eigenvalue weighted by molar-refractivity contribution is 5.88. The molecule has 0 aromatic carbocycles. The van der Waals surface area contributed by atoms with Crippen LogP contribution in [-0.2, 0) is 11.3 Å². The van der Waals surface area contributed by atoms with Crippen LogP contribution >= 0.6 is 0 Å². The Morgan fingerprint density at radius 1 is 1.35 bits per heavy atom. The highest BCUT2D eigenvalue weighted by atomic mass is 16.5. The maximum Gasteiger partial charge on any atom is 0.248 e. The summed E-state index contributed by atoms with van der Waals surface area (Å²) in [6.45, 7) is 0.0000846. The lowest BCUT2D eigenvalue weighted by Gasteiger charge is -2.07. The molecule has 9 nitrogen and oxygen atoms in total. The summed E-state index contributed by atoms with van der Waals surface area (Å²) in [5.74, 6) is 0.320. The number of rotatable bonds is 5. The number of hydrogen-bond acceptors (Lipinski definition) is 7. The van der Waals surface area contributed by atoms with Crippen molar-refractivity contribution in [1.29, 1.82) is 0 Å². The van der Waals surface area contributed by atoms with Crippen molar-refractivity contribution in [3.63, 3.8) is 0 Å². The Bertz CT molecular complexity index is 590. The fraction of sp³-hybridized carbons (Fsp3) is 0.273. The summed E-state index contributed by atoms with van der Waals surface area (Å²) in [5, 5.41) is 6.43. The standard InChI is InChI=1S/C11H14N6O3/c1-19-9-3-10(20-2)16-11(15-9)14-8(18)6-17-5-7(12)4-13-17/h3-5H,6,12H2,1-2H3,(H,14,15,16,18). The first kappa shape index (κ1) is 13.6. The highest BCUT2D eigenvalue weighted by Crippen LogP contribution is 2.17. The van der Waals surface area contributed by atoms with E-state index in [1.54, 1.807) is 6.20 Å². The molecule has 1 amide bonds. The van der Waals surface area contributed by atoms with Crippen LogP contribution in [0.25, 0.3) is 0 Å². The zero-order chi connectivity index (χ0) is 14.5. The summed E-state index contributed by atoms with van der Waals surface area (Å²) in [5.41, 5.74) is 5.99. The van der Waals surface area contributed by atoms with E-state index in [-0.39, 0.29) is 30.2 Å². The van der Waals surface area contributed by atoms with Crippen molar-refractivity contribution in [2.24, 2.45) is 0 Å². The first-order valence-corrected chi connectivity index (χ1v) is 5.65. The molecule has 0 aliphatic carbocycles. The SMILES string of the molecule is COc1cc(OC)nc(NC(=O)Cn2cc(N)cn2)n1. The quantitative estimate of drug-likeness (QED) is 0.784. The van der Waals surface area contributed by atoms with Crippen molar-refractivity contribution in [2.45, 2.75) is 6.54 Å². The maximum atomic E-state index is 11.8. The van der Waals surface area contributed by atoms with Crippen LogP contribution in [0.1, 0.15) is 0 Å². The van der Waals surface area contributed by atoms with E-state index in [0.29, 0.717) is 5.69 Å². The fourth-order valence-electron chi connectivity index (χ4n) is 1.45. The number of anilines is 2. The molecule has 2 rings (SSSR count). The van der Waals surface area contributed by atoms with E-state index >= 15 is 0 Å². The summed E-state index contributed by atoms with van der Waals surface area (Å²) in [6, 6.07) is 1.50. The number of amides is 1. The van der Waals surface area contributed by atoms with Crippen molar-refractivity contribution in [3.8, 4) is 11.8 Å². The molecule has 2 aromatic heterocycles. The third kappa shape index (κ3) is 3.34. The van der Waals surface area contributed by atoms with Crippen LogP contribution in [0.4, 0.5) is 11.6 Å². The fourth-order valence-corrected chi connectivity index (χ4v) is 1.45. The third-order valence-electron chi connectivity index (χ3n) is 2.31. The molecule has 106 valence electrons. The van der Waals surface area contributed by atoms with Gasteiger partial charge in [-0.2, -0.15) is 15.1 Å². The zero-order valence-electron chi connectivity index (χ0n) is 11.0. The van der Waals surface area contributed by atoms with Crippen LogP contribution in [0.3, 0.4) is 0 Å². The van der Waals surface area contributed by atoms with Gasteiger partial charge in [-0.25, -0.2) is 0 Å². The first-order valence-electron chi connectivity index (χ1n) is 5.65. The van der Waals surface area contributed by atoms with E-state index < -0.39 is 0 Å². The van der Waals surface area contributed by atoms with Gasteiger partial charge in [-0.15, -0.1) is 0 Å². The average molecular weight is 278 g/mol. The Labute approximate surface area is 114 Å². The van der Waals surface area contributed by atoms with Crippen LogP contribution in [0, 0.1) is 0 Å². The Kier molecular flexibility index (Phi) is 3.99. The van der Waals surface area contributed by atoms with Crippen molar-refractivity contribution in [1.82, 2.24) is 19.7 Å². The van der Waals surface area contributed by atoms with Gasteiger partial charge in [0.15, 0.2) is 0 Å². The van der Waals surface area contributed by atoms with Gasteiger partial charge in [0, 0.05) is 6.20 Å². The van der Waals surface area contributed by atoms with Gasteiger partial charge < -0.3 is 15.2 Å². The normalized spacial score (nSPS) is 10.1. The van der Waals surface area contributed by atoms with Gasteiger partial charge >= 0.3 is 0 Å². The largest absolute Gasteiger partial charge is 0.481 e. The molecule has 0 aliphatic heterocycles. The molecule has 0 radical (unpaired) electrons. The molecule has 0 spiro atoms. The van der Waals surface area contributed by atoms with E-state index in [4.69, 9.17) is 15.2 Å². The number of carbonyl (C=O) groups is 1. The van der Waals surface area contributed by atoms with Gasteiger partial charge in [0.1, 0.15) is 6.54 Å². The number of hydrogen-bond donors (Lipinski definition) is 2. The summed E-state index contributed by atoms with van der Waals surface area (Å²) in [4.78, 5) is 19.8. The third-order valence-corrected chi connectivity index (χ3v) is 2.31. The lowest BCUT2D eigenvalue weighted by Crippen LogP contribution is -2.20. The lowest BCUT2D eigenvalue weighted by molar-refractivity contribution is -0.116. The minimum absolute atomic E-state index is 0.0000846. The Morgan fingerprint density at radius 2 is 2.00 bits per heavy atom. The van der Waals surface area contributed by atoms with Crippen molar-refractivity contribution < 1.29 is 14.3 Å². The highest BCUT2D eigenvalue weighted by Gasteiger charge is 2.10. The van der Waals surface area contributed by atoms with Crippen molar-refractivity contribution in [3.05, 3.63) is 18.5 Å². The van der Waals surface area contributed by atoms with E-state index in [0.717, 1.165) is 0 Å². The number of methoxy groups -OCH3 is 2. The van der Waals surface area contributed by atoms with Gasteiger partial charge in [0.2, 0.25) is 23.6 Å². The molecule has 0 aliphatic rings. The number of nitrogens with zero attached hydrogens (tertiary/aromatic N) is 4. The molecule has 0 saturated carbocycles. The van der Waals surface area contributed by atoms with Crippen LogP contribution in [0.15, 0.2) is 18.5 Å². The molecule has 0 bridgehead atoms. The lowest BCUT2D eigenvalue weighted by atomic mass is 10.5. The number of ether oxygens (including phenoxy) is 2. The minimum Gasteiger partial charge on any atom is -0.481 e. The number of nitrogen functional groups attached to an aromatic ring is 1. The van der Waals surface area contributed by atoms with Crippen molar-refractivity contribution in [2.75, 3.05) is 25.3 Å². The van der Waals surface area contributed by atoms with E-state index in [1.807, 2.05) is 0 Å². The minimum atomic E-state index is -0.344. The number of carbonyl (C=O) groups excluding carboxylic acids is 1. The molecule has 0 saturated heterocycles. The second-order valence-corrected chi connectivity index (χ2v) is 3.80. The summed E-state index contributed by atoms with van der Waals surface area (Å²) >= 11 is 0. The monoisotopic (exact) mass is 278 g/mol. The molecule has 3 N–H and O–H groups in total. The molecular formula is C11H14N6O3. The van der Waals surface area contributed by atoms with Crippen LogP contribution in [0.5, 0.6) is 11.8 Å². The predicted molar refractivity (Wildman–Crippen MR) is 70.4 cm³/mol. The van der Waals surface area contributed by atoms with Gasteiger partial charge in [-0.1, -0.05) is 0 Å². The number of nitrogens with one attached hydrogen (secondary N) is 1. The van der Waals surface area contributed by atoms with E-state index in [1.165, 1.54) is 31.2 Å². The Hall–Kier alpha value is -2.84. The van der Waals surface area contributed by atoms with Crippen molar-refractivity contribution >= 4 is 17.5 Å². The average Bonchev–Trinajstić information content (AvgIpc) is 2.83. The first-order chi connectivity index (χ1) is 9.60. The van der Waals surface area contributed by atoms with Crippen LogP contribution in [-0.4, -0.2) is 39.9 Å². The van der Waals surface area contributed by atoms with Crippen LogP contribution in [0.2, 0.25) is 0 Å². The number of aromatic nitrogens is 4. The second-order valence-electron chi connectivity index (χ2n) is 3.80. The molecule has 0 unspecified atom stereocenters. The summed E-state index contributed by atoms with van der Waals surface area (Å²) < 4.78 is 11.4. The molecule has 0 fully saturated rings. The van der Waals surface area contributed by atoms with Gasteiger partial charge in [0.05, 0.1) is 32.2 Å². The zero-order valence-corrected chi connectivity index (χ0v) is 11.0. The Morgan fingerprint density at radius 3 is 2.50 bits per heavy atom.